The highest BCUT2D eigenvalue weighted by Gasteiger charge is 2.10. The summed E-state index contributed by atoms with van der Waals surface area (Å²) in [4.78, 5) is 20.4. The van der Waals surface area contributed by atoms with Gasteiger partial charge < -0.3 is 25.2 Å². The number of nitrogens with one attached hydrogen (secondary N) is 2. The molecule has 156 valence electrons. The number of hydrogen-bond donors (Lipinski definition) is 2. The standard InChI is InChI=1S/C21H35N5O2/c1-25(2)20(27)17-24-21(23-13-16-26-14-5-4-6-15-26)22-12-11-18-7-9-19(28-3)10-8-18/h7-10H,4-6,11-17H2,1-3H3,(H2,22,23,24). The fourth-order valence-electron chi connectivity index (χ4n) is 3.10. The molecule has 7 heteroatoms. The van der Waals surface area contributed by atoms with Crippen LogP contribution in [0.25, 0.3) is 0 Å². The molecule has 0 unspecified atom stereocenters. The van der Waals surface area contributed by atoms with Crippen molar-refractivity contribution >= 4 is 11.9 Å². The van der Waals surface area contributed by atoms with Crippen molar-refractivity contribution in [2.45, 2.75) is 25.7 Å². The van der Waals surface area contributed by atoms with Crippen molar-refractivity contribution in [3.8, 4) is 5.75 Å². The van der Waals surface area contributed by atoms with E-state index in [0.29, 0.717) is 5.96 Å². The molecule has 0 aromatic heterocycles. The molecule has 0 bridgehead atoms. The minimum absolute atomic E-state index is 0.00714. The molecule has 1 fully saturated rings. The quantitative estimate of drug-likeness (QED) is 0.493. The van der Waals surface area contributed by atoms with Crippen molar-refractivity contribution in [3.63, 3.8) is 0 Å². The molecule has 2 N–H and O–H groups in total. The van der Waals surface area contributed by atoms with Gasteiger partial charge in [-0.25, -0.2) is 4.99 Å². The Balaban J connectivity index is 1.81. The predicted molar refractivity (Wildman–Crippen MR) is 114 cm³/mol. The third-order valence-corrected chi connectivity index (χ3v) is 4.91. The van der Waals surface area contributed by atoms with Gasteiger partial charge in [-0.3, -0.25) is 4.79 Å². The highest BCUT2D eigenvalue weighted by atomic mass is 16.5. The van der Waals surface area contributed by atoms with Gasteiger partial charge in [0.1, 0.15) is 12.3 Å². The minimum Gasteiger partial charge on any atom is -0.497 e. The molecule has 0 spiro atoms. The Bertz CT molecular complexity index is 610. The molecule has 1 aromatic carbocycles. The van der Waals surface area contributed by atoms with Crippen LogP contribution in [-0.2, 0) is 11.2 Å². The zero-order chi connectivity index (χ0) is 20.2. The Morgan fingerprint density at radius 2 is 1.79 bits per heavy atom. The van der Waals surface area contributed by atoms with E-state index in [9.17, 15) is 4.79 Å². The third-order valence-electron chi connectivity index (χ3n) is 4.91. The van der Waals surface area contributed by atoms with E-state index in [4.69, 9.17) is 4.74 Å². The SMILES string of the molecule is COc1ccc(CCNC(=NCC(=O)N(C)C)NCCN2CCCCC2)cc1. The van der Waals surface area contributed by atoms with Crippen LogP contribution in [0.4, 0.5) is 0 Å². The third kappa shape index (κ3) is 8.17. The van der Waals surface area contributed by atoms with E-state index in [2.05, 4.69) is 32.7 Å². The van der Waals surface area contributed by atoms with Crippen LogP contribution in [0.3, 0.4) is 0 Å². The van der Waals surface area contributed by atoms with E-state index in [1.165, 1.54) is 37.9 Å². The Labute approximate surface area is 169 Å². The summed E-state index contributed by atoms with van der Waals surface area (Å²) in [6.07, 6.45) is 4.80. The molecule has 1 aromatic rings. The maximum atomic E-state index is 11.9. The number of guanidine groups is 1. The zero-order valence-electron chi connectivity index (χ0n) is 17.5. The number of nitrogens with zero attached hydrogens (tertiary/aromatic N) is 3. The van der Waals surface area contributed by atoms with Crippen LogP contribution in [0.2, 0.25) is 0 Å². The molecular weight excluding hydrogens is 354 g/mol. The lowest BCUT2D eigenvalue weighted by molar-refractivity contribution is -0.127. The number of carbonyl (C=O) groups is 1. The second-order valence-corrected chi connectivity index (χ2v) is 7.31. The van der Waals surface area contributed by atoms with Gasteiger partial charge in [-0.15, -0.1) is 0 Å². The van der Waals surface area contributed by atoms with Crippen LogP contribution in [0, 0.1) is 0 Å². The van der Waals surface area contributed by atoms with Gasteiger partial charge >= 0.3 is 0 Å². The molecule has 1 saturated heterocycles. The van der Waals surface area contributed by atoms with Crippen molar-refractivity contribution in [3.05, 3.63) is 29.8 Å². The summed E-state index contributed by atoms with van der Waals surface area (Å²) in [5.74, 6) is 1.55. The lowest BCUT2D eigenvalue weighted by Gasteiger charge is -2.26. The molecule has 0 radical (unpaired) electrons. The van der Waals surface area contributed by atoms with Crippen LogP contribution in [0.5, 0.6) is 5.75 Å². The molecular formula is C21H35N5O2. The summed E-state index contributed by atoms with van der Waals surface area (Å²) in [5.41, 5.74) is 1.23. The van der Waals surface area contributed by atoms with Crippen molar-refractivity contribution in [1.29, 1.82) is 0 Å². The van der Waals surface area contributed by atoms with Crippen LogP contribution >= 0.6 is 0 Å². The summed E-state index contributed by atoms with van der Waals surface area (Å²) in [6.45, 7) is 5.08. The molecule has 2 rings (SSSR count). The van der Waals surface area contributed by atoms with Crippen molar-refractivity contribution in [2.75, 3.05) is 60.5 Å². The highest BCUT2D eigenvalue weighted by Crippen LogP contribution is 2.11. The second kappa shape index (κ2) is 12.2. The number of benzene rings is 1. The van der Waals surface area contributed by atoms with Crippen LogP contribution in [0.15, 0.2) is 29.3 Å². The highest BCUT2D eigenvalue weighted by molar-refractivity contribution is 5.84. The molecule has 1 heterocycles. The number of amides is 1. The number of ether oxygens (including phenoxy) is 1. The van der Waals surface area contributed by atoms with Gasteiger partial charge in [0.25, 0.3) is 0 Å². The van der Waals surface area contributed by atoms with Gasteiger partial charge in [-0.1, -0.05) is 18.6 Å². The monoisotopic (exact) mass is 389 g/mol. The van der Waals surface area contributed by atoms with Gasteiger partial charge in [-0.2, -0.15) is 0 Å². The average molecular weight is 390 g/mol. The number of rotatable bonds is 9. The number of hydrogen-bond acceptors (Lipinski definition) is 4. The summed E-state index contributed by atoms with van der Waals surface area (Å²) in [6, 6.07) is 8.07. The number of aliphatic imine (C=N–C) groups is 1. The normalized spacial score (nSPS) is 15.2. The lowest BCUT2D eigenvalue weighted by Crippen LogP contribution is -2.43. The van der Waals surface area contributed by atoms with E-state index in [1.54, 1.807) is 26.1 Å². The van der Waals surface area contributed by atoms with Gasteiger partial charge in [0.05, 0.1) is 7.11 Å². The number of carbonyl (C=O) groups excluding carboxylic acids is 1. The first-order chi connectivity index (χ1) is 13.6. The van der Waals surface area contributed by atoms with E-state index >= 15 is 0 Å². The number of piperidine rings is 1. The second-order valence-electron chi connectivity index (χ2n) is 7.31. The number of likely N-dealkylation sites (tertiary alicyclic amines) is 1. The molecule has 1 aliphatic rings. The topological polar surface area (TPSA) is 69.2 Å². The maximum Gasteiger partial charge on any atom is 0.243 e. The molecule has 1 amide bonds. The molecule has 0 atom stereocenters. The molecule has 1 aliphatic heterocycles. The first-order valence-corrected chi connectivity index (χ1v) is 10.2. The lowest BCUT2D eigenvalue weighted by atomic mass is 10.1. The minimum atomic E-state index is -0.00714. The number of methoxy groups -OCH3 is 1. The van der Waals surface area contributed by atoms with E-state index in [1.807, 2.05) is 12.1 Å². The largest absolute Gasteiger partial charge is 0.497 e. The number of likely N-dealkylation sites (N-methyl/N-ethyl adjacent to an activating group) is 1. The van der Waals surface area contributed by atoms with Crippen molar-refractivity contribution in [1.82, 2.24) is 20.4 Å². The predicted octanol–water partition coefficient (Wildman–Crippen LogP) is 1.35. The van der Waals surface area contributed by atoms with Gasteiger partial charge in [0, 0.05) is 33.7 Å². The van der Waals surface area contributed by atoms with Gasteiger partial charge in [-0.05, 0) is 50.0 Å². The van der Waals surface area contributed by atoms with Gasteiger partial charge in [0.2, 0.25) is 5.91 Å². The zero-order valence-corrected chi connectivity index (χ0v) is 17.5. The van der Waals surface area contributed by atoms with Crippen LogP contribution < -0.4 is 15.4 Å². The average Bonchev–Trinajstić information content (AvgIpc) is 2.72. The van der Waals surface area contributed by atoms with Crippen LogP contribution in [0.1, 0.15) is 24.8 Å². The van der Waals surface area contributed by atoms with E-state index < -0.39 is 0 Å². The smallest absolute Gasteiger partial charge is 0.243 e. The molecule has 0 saturated carbocycles. The maximum absolute atomic E-state index is 11.9. The van der Waals surface area contributed by atoms with Crippen LogP contribution in [-0.4, -0.2) is 82.1 Å². The Kier molecular flexibility index (Phi) is 9.62. The fourth-order valence-corrected chi connectivity index (χ4v) is 3.10. The first-order valence-electron chi connectivity index (χ1n) is 10.2. The first kappa shape index (κ1) is 22.0. The van der Waals surface area contributed by atoms with E-state index in [0.717, 1.165) is 31.8 Å². The Hall–Kier alpha value is -2.28. The van der Waals surface area contributed by atoms with Crippen molar-refractivity contribution < 1.29 is 9.53 Å². The van der Waals surface area contributed by atoms with Crippen molar-refractivity contribution in [2.24, 2.45) is 4.99 Å². The summed E-state index contributed by atoms with van der Waals surface area (Å²) in [7, 11) is 5.17. The summed E-state index contributed by atoms with van der Waals surface area (Å²) in [5, 5.41) is 6.72. The summed E-state index contributed by atoms with van der Waals surface area (Å²) < 4.78 is 5.20. The Morgan fingerprint density at radius 3 is 2.43 bits per heavy atom. The van der Waals surface area contributed by atoms with E-state index in [-0.39, 0.29) is 12.5 Å². The molecule has 7 nitrogen and oxygen atoms in total. The molecule has 28 heavy (non-hydrogen) atoms. The van der Waals surface area contributed by atoms with Gasteiger partial charge in [0.15, 0.2) is 5.96 Å². The Morgan fingerprint density at radius 1 is 1.11 bits per heavy atom. The fraction of sp³-hybridized carbons (Fsp3) is 0.619. The summed E-state index contributed by atoms with van der Waals surface area (Å²) >= 11 is 0. The molecule has 0 aliphatic carbocycles.